The summed E-state index contributed by atoms with van der Waals surface area (Å²) in [5.41, 5.74) is 3.22. The summed E-state index contributed by atoms with van der Waals surface area (Å²) in [6.45, 7) is 7.60. The number of benzene rings is 1. The van der Waals surface area contributed by atoms with Gasteiger partial charge < -0.3 is 0 Å². The molecule has 0 saturated heterocycles. The van der Waals surface area contributed by atoms with Crippen molar-refractivity contribution in [1.82, 2.24) is 0 Å². The standard InChI is InChI=1S/C11H12BrN/c1-4-5-9-6-8(2)7-10(12)11(9)13-3/h4-7H,3H2,1-2H3/b5-4-. The van der Waals surface area contributed by atoms with E-state index in [1.165, 1.54) is 5.56 Å². The SMILES string of the molecule is C=Nc1c(Br)cc(C)cc1/C=C\C. The molecule has 0 bridgehead atoms. The second-order valence-electron chi connectivity index (χ2n) is 2.84. The van der Waals surface area contributed by atoms with Crippen LogP contribution in [0.15, 0.2) is 27.7 Å². The van der Waals surface area contributed by atoms with E-state index in [-0.39, 0.29) is 0 Å². The maximum atomic E-state index is 3.98. The molecular weight excluding hydrogens is 226 g/mol. The van der Waals surface area contributed by atoms with E-state index < -0.39 is 0 Å². The van der Waals surface area contributed by atoms with Gasteiger partial charge in [-0.25, -0.2) is 0 Å². The smallest absolute Gasteiger partial charge is 0.0836 e. The van der Waals surface area contributed by atoms with E-state index in [1.807, 2.05) is 25.1 Å². The van der Waals surface area contributed by atoms with E-state index >= 15 is 0 Å². The average molecular weight is 238 g/mol. The highest BCUT2D eigenvalue weighted by Gasteiger charge is 2.02. The average Bonchev–Trinajstić information content (AvgIpc) is 2.04. The normalized spacial score (nSPS) is 10.7. The lowest BCUT2D eigenvalue weighted by Gasteiger charge is -2.04. The quantitative estimate of drug-likeness (QED) is 0.687. The van der Waals surface area contributed by atoms with E-state index in [0.29, 0.717) is 0 Å². The summed E-state index contributed by atoms with van der Waals surface area (Å²) < 4.78 is 0.996. The number of nitrogens with zero attached hydrogens (tertiary/aromatic N) is 1. The molecule has 1 nitrogen and oxygen atoms in total. The van der Waals surface area contributed by atoms with Crippen LogP contribution in [0.5, 0.6) is 0 Å². The molecule has 0 spiro atoms. The van der Waals surface area contributed by atoms with E-state index in [0.717, 1.165) is 15.7 Å². The summed E-state index contributed by atoms with van der Waals surface area (Å²) in [4.78, 5) is 3.98. The van der Waals surface area contributed by atoms with Crippen molar-refractivity contribution in [3.05, 3.63) is 33.8 Å². The van der Waals surface area contributed by atoms with Gasteiger partial charge in [-0.2, -0.15) is 0 Å². The first-order valence-electron chi connectivity index (χ1n) is 4.08. The third kappa shape index (κ3) is 2.28. The Morgan fingerprint density at radius 1 is 1.46 bits per heavy atom. The van der Waals surface area contributed by atoms with Gasteiger partial charge in [0.2, 0.25) is 0 Å². The van der Waals surface area contributed by atoms with E-state index in [1.54, 1.807) is 0 Å². The van der Waals surface area contributed by atoms with Gasteiger partial charge in [0.1, 0.15) is 0 Å². The molecule has 0 aliphatic heterocycles. The van der Waals surface area contributed by atoms with Crippen molar-refractivity contribution in [3.8, 4) is 0 Å². The minimum atomic E-state index is 0.906. The van der Waals surface area contributed by atoms with Crippen LogP contribution in [0.1, 0.15) is 18.1 Å². The fourth-order valence-corrected chi connectivity index (χ4v) is 1.95. The maximum absolute atomic E-state index is 3.98. The lowest BCUT2D eigenvalue weighted by molar-refractivity contribution is 1.40. The number of halogens is 1. The van der Waals surface area contributed by atoms with Gasteiger partial charge in [0.25, 0.3) is 0 Å². The molecule has 0 aromatic heterocycles. The molecule has 0 aliphatic carbocycles. The van der Waals surface area contributed by atoms with E-state index in [2.05, 4.69) is 40.6 Å². The predicted octanol–water partition coefficient (Wildman–Crippen LogP) is 4.12. The largest absolute Gasteiger partial charge is 0.263 e. The second kappa shape index (κ2) is 4.38. The predicted molar refractivity (Wildman–Crippen MR) is 62.8 cm³/mol. The van der Waals surface area contributed by atoms with Crippen molar-refractivity contribution in [2.45, 2.75) is 13.8 Å². The lowest BCUT2D eigenvalue weighted by atomic mass is 10.1. The first kappa shape index (κ1) is 10.2. The molecule has 0 amide bonds. The van der Waals surface area contributed by atoms with Crippen molar-refractivity contribution in [2.75, 3.05) is 0 Å². The van der Waals surface area contributed by atoms with Gasteiger partial charge in [0.15, 0.2) is 0 Å². The Kier molecular flexibility index (Phi) is 3.43. The Labute approximate surface area is 87.3 Å². The zero-order valence-electron chi connectivity index (χ0n) is 7.84. The third-order valence-electron chi connectivity index (χ3n) is 1.74. The zero-order valence-corrected chi connectivity index (χ0v) is 9.43. The Morgan fingerprint density at radius 3 is 2.69 bits per heavy atom. The summed E-state index contributed by atoms with van der Waals surface area (Å²) >= 11 is 3.46. The zero-order chi connectivity index (χ0) is 9.84. The van der Waals surface area contributed by atoms with Gasteiger partial charge in [-0.05, 0) is 54.2 Å². The van der Waals surface area contributed by atoms with Gasteiger partial charge in [0, 0.05) is 10.0 Å². The molecule has 13 heavy (non-hydrogen) atoms. The van der Waals surface area contributed by atoms with Crippen LogP contribution in [0.3, 0.4) is 0 Å². The van der Waals surface area contributed by atoms with Gasteiger partial charge in [0.05, 0.1) is 5.69 Å². The molecule has 0 aliphatic rings. The van der Waals surface area contributed by atoms with Gasteiger partial charge in [-0.15, -0.1) is 0 Å². The molecular formula is C11H12BrN. The minimum absolute atomic E-state index is 0.906. The molecule has 0 fully saturated rings. The van der Waals surface area contributed by atoms with Crippen LogP contribution in [0.4, 0.5) is 5.69 Å². The first-order chi connectivity index (χ1) is 6.19. The van der Waals surface area contributed by atoms with E-state index in [9.17, 15) is 0 Å². The highest BCUT2D eigenvalue weighted by atomic mass is 79.9. The van der Waals surface area contributed by atoms with Crippen LogP contribution in [-0.2, 0) is 0 Å². The van der Waals surface area contributed by atoms with Crippen molar-refractivity contribution >= 4 is 34.4 Å². The van der Waals surface area contributed by atoms with Gasteiger partial charge in [-0.1, -0.05) is 12.2 Å². The molecule has 0 heterocycles. The monoisotopic (exact) mass is 237 g/mol. The summed E-state index contributed by atoms with van der Waals surface area (Å²) in [5.74, 6) is 0. The Hall–Kier alpha value is -0.890. The number of aryl methyl sites for hydroxylation is 1. The highest BCUT2D eigenvalue weighted by molar-refractivity contribution is 9.10. The van der Waals surface area contributed by atoms with Gasteiger partial charge in [-0.3, -0.25) is 4.99 Å². The Balaban J connectivity index is 3.37. The van der Waals surface area contributed by atoms with Crippen LogP contribution in [0.2, 0.25) is 0 Å². The van der Waals surface area contributed by atoms with Crippen LogP contribution in [0, 0.1) is 6.92 Å². The summed E-state index contributed by atoms with van der Waals surface area (Å²) in [6, 6.07) is 4.13. The molecule has 2 heteroatoms. The minimum Gasteiger partial charge on any atom is -0.263 e. The van der Waals surface area contributed by atoms with Crippen LogP contribution in [0.25, 0.3) is 6.08 Å². The number of aliphatic imine (C=N–C) groups is 1. The molecule has 0 N–H and O–H groups in total. The molecule has 0 unspecified atom stereocenters. The summed E-state index contributed by atoms with van der Waals surface area (Å²) in [7, 11) is 0. The number of hydrogen-bond donors (Lipinski definition) is 0. The molecule has 68 valence electrons. The molecule has 0 radical (unpaired) electrons. The number of rotatable bonds is 2. The van der Waals surface area contributed by atoms with Crippen molar-refractivity contribution in [3.63, 3.8) is 0 Å². The van der Waals surface area contributed by atoms with Gasteiger partial charge >= 0.3 is 0 Å². The molecule has 0 atom stereocenters. The fourth-order valence-electron chi connectivity index (χ4n) is 1.23. The van der Waals surface area contributed by atoms with Crippen molar-refractivity contribution in [1.29, 1.82) is 0 Å². The van der Waals surface area contributed by atoms with Crippen molar-refractivity contribution in [2.24, 2.45) is 4.99 Å². The Bertz CT molecular complexity index is 353. The molecule has 1 aromatic rings. The van der Waals surface area contributed by atoms with Crippen LogP contribution in [-0.4, -0.2) is 6.72 Å². The second-order valence-corrected chi connectivity index (χ2v) is 3.70. The molecule has 0 saturated carbocycles. The topological polar surface area (TPSA) is 12.4 Å². The van der Waals surface area contributed by atoms with Crippen molar-refractivity contribution < 1.29 is 0 Å². The summed E-state index contributed by atoms with van der Waals surface area (Å²) in [6.07, 6.45) is 4.03. The maximum Gasteiger partial charge on any atom is 0.0836 e. The number of hydrogen-bond acceptors (Lipinski definition) is 1. The Morgan fingerprint density at radius 2 is 2.15 bits per heavy atom. The molecule has 1 rings (SSSR count). The number of allylic oxidation sites excluding steroid dienone is 1. The van der Waals surface area contributed by atoms with Crippen LogP contribution >= 0.6 is 15.9 Å². The first-order valence-corrected chi connectivity index (χ1v) is 4.88. The third-order valence-corrected chi connectivity index (χ3v) is 2.35. The summed E-state index contributed by atoms with van der Waals surface area (Å²) in [5, 5.41) is 0. The van der Waals surface area contributed by atoms with E-state index in [4.69, 9.17) is 0 Å². The van der Waals surface area contributed by atoms with Crippen LogP contribution < -0.4 is 0 Å². The fraction of sp³-hybridized carbons (Fsp3) is 0.182. The lowest BCUT2D eigenvalue weighted by Crippen LogP contribution is -1.80. The molecule has 1 aromatic carbocycles. The highest BCUT2D eigenvalue weighted by Crippen LogP contribution is 2.31.